The van der Waals surface area contributed by atoms with E-state index in [2.05, 4.69) is 15.6 Å². The number of ether oxygens (including phenoxy) is 1. The van der Waals surface area contributed by atoms with Crippen molar-refractivity contribution >= 4 is 17.8 Å². The Balaban J connectivity index is 2.33. The highest BCUT2D eigenvalue weighted by molar-refractivity contribution is 5.90. The van der Waals surface area contributed by atoms with Crippen molar-refractivity contribution in [3.63, 3.8) is 0 Å². The van der Waals surface area contributed by atoms with Gasteiger partial charge in [0.2, 0.25) is 11.8 Å². The summed E-state index contributed by atoms with van der Waals surface area (Å²) in [6, 6.07) is -1.47. The Morgan fingerprint density at radius 3 is 2.47 bits per heavy atom. The first-order chi connectivity index (χ1) is 13.8. The summed E-state index contributed by atoms with van der Waals surface area (Å²) in [5.74, 6) is -0.983. The number of β-amino-alcohol motifs (C(OH)–C–C–N with tert-alkyl or cyclic N) is 1. The van der Waals surface area contributed by atoms with E-state index >= 15 is 0 Å². The minimum absolute atomic E-state index is 0.0838. The number of rotatable bonds is 6. The van der Waals surface area contributed by atoms with Crippen LogP contribution in [-0.2, 0) is 25.5 Å². The van der Waals surface area contributed by atoms with E-state index in [1.54, 1.807) is 20.0 Å². The van der Waals surface area contributed by atoms with Gasteiger partial charge in [-0.05, 0) is 19.3 Å². The highest BCUT2D eigenvalue weighted by Gasteiger charge is 2.45. The second-order valence-electron chi connectivity index (χ2n) is 9.52. The van der Waals surface area contributed by atoms with Gasteiger partial charge in [-0.25, -0.2) is 4.68 Å². The molecular formula is C20H33N5O5. The van der Waals surface area contributed by atoms with Crippen LogP contribution in [0.1, 0.15) is 52.8 Å². The van der Waals surface area contributed by atoms with Crippen LogP contribution in [0.5, 0.6) is 0 Å². The normalized spacial score (nSPS) is 20.7. The summed E-state index contributed by atoms with van der Waals surface area (Å²) >= 11 is 0. The van der Waals surface area contributed by atoms with Gasteiger partial charge in [-0.15, -0.1) is 5.10 Å². The fourth-order valence-corrected chi connectivity index (χ4v) is 3.83. The fraction of sp³-hybridized carbons (Fsp3) is 0.750. The van der Waals surface area contributed by atoms with E-state index in [0.717, 1.165) is 0 Å². The first-order valence-electron chi connectivity index (χ1n) is 10.0. The number of nitrogens with zero attached hydrogens (tertiary/aromatic N) is 4. The number of likely N-dealkylation sites (tertiary alicyclic amines) is 1. The number of esters is 1. The molecule has 3 atom stereocenters. The average molecular weight is 424 g/mol. The number of carbonyl (C=O) groups excluding carboxylic acids is 3. The number of hydrogen-bond donors (Lipinski definition) is 2. The molecule has 2 N–H and O–H groups in total. The van der Waals surface area contributed by atoms with Gasteiger partial charge >= 0.3 is 5.97 Å². The van der Waals surface area contributed by atoms with Crippen LogP contribution in [-0.4, -0.2) is 75.6 Å². The highest BCUT2D eigenvalue weighted by atomic mass is 16.5. The lowest BCUT2D eigenvalue weighted by atomic mass is 9.85. The maximum atomic E-state index is 13.5. The summed E-state index contributed by atoms with van der Waals surface area (Å²) in [7, 11) is 2.84. The van der Waals surface area contributed by atoms with Crippen molar-refractivity contribution < 1.29 is 24.2 Å². The second-order valence-corrected chi connectivity index (χ2v) is 9.52. The lowest BCUT2D eigenvalue weighted by Gasteiger charge is -2.34. The zero-order chi connectivity index (χ0) is 22.9. The number of amides is 2. The lowest BCUT2D eigenvalue weighted by Crippen LogP contribution is -2.49. The average Bonchev–Trinajstić information content (AvgIpc) is 3.25. The number of likely N-dealkylation sites (N-methyl/N-ethyl adjacent to an activating group) is 1. The zero-order valence-electron chi connectivity index (χ0n) is 18.8. The second kappa shape index (κ2) is 8.71. The van der Waals surface area contributed by atoms with Crippen molar-refractivity contribution in [2.45, 2.75) is 65.6 Å². The monoisotopic (exact) mass is 423 g/mol. The number of nitrogens with one attached hydrogen (secondary N) is 1. The SMILES string of the molecule is CNC(=O)[C@@H]1C[C@@H](O)CN1C(=O)[C@@H](n1cc(CC(C)(C)C(=O)OC)nn1)C(C)(C)C. The third kappa shape index (κ3) is 4.97. The van der Waals surface area contributed by atoms with Gasteiger partial charge in [-0.2, -0.15) is 0 Å². The van der Waals surface area contributed by atoms with E-state index in [9.17, 15) is 19.5 Å². The number of methoxy groups -OCH3 is 1. The smallest absolute Gasteiger partial charge is 0.311 e. The number of aliphatic hydroxyl groups is 1. The first-order valence-corrected chi connectivity index (χ1v) is 10.0. The molecule has 0 saturated carbocycles. The molecule has 0 bridgehead atoms. The standard InChI is InChI=1S/C20H33N5O5/c1-19(2,3)15(17(28)24-11-13(26)8-14(24)16(27)21-6)25-10-12(22-23-25)9-20(4,5)18(29)30-7/h10,13-15,26H,8-9,11H2,1-7H3,(H,21,27)/t13-,14+,15-/m1/s1. The predicted molar refractivity (Wildman–Crippen MR) is 108 cm³/mol. The summed E-state index contributed by atoms with van der Waals surface area (Å²) in [5.41, 5.74) is -0.780. The summed E-state index contributed by atoms with van der Waals surface area (Å²) in [6.07, 6.45) is 1.38. The summed E-state index contributed by atoms with van der Waals surface area (Å²) in [5, 5.41) is 20.9. The van der Waals surface area contributed by atoms with Crippen molar-refractivity contribution in [2.24, 2.45) is 10.8 Å². The molecule has 0 spiro atoms. The van der Waals surface area contributed by atoms with Gasteiger partial charge in [0, 0.05) is 32.6 Å². The van der Waals surface area contributed by atoms with E-state index in [4.69, 9.17) is 4.74 Å². The van der Waals surface area contributed by atoms with Gasteiger partial charge in [0.15, 0.2) is 0 Å². The highest BCUT2D eigenvalue weighted by Crippen LogP contribution is 2.34. The molecule has 0 radical (unpaired) electrons. The minimum Gasteiger partial charge on any atom is -0.469 e. The number of hydrogen-bond acceptors (Lipinski definition) is 7. The van der Waals surface area contributed by atoms with E-state index < -0.39 is 29.0 Å². The van der Waals surface area contributed by atoms with Gasteiger partial charge in [0.1, 0.15) is 12.1 Å². The third-order valence-corrected chi connectivity index (χ3v) is 5.35. The molecule has 1 aliphatic heterocycles. The Morgan fingerprint density at radius 2 is 1.93 bits per heavy atom. The molecule has 0 aromatic carbocycles. The zero-order valence-corrected chi connectivity index (χ0v) is 18.8. The third-order valence-electron chi connectivity index (χ3n) is 5.35. The van der Waals surface area contributed by atoms with Gasteiger partial charge in [0.05, 0.1) is 24.3 Å². The van der Waals surface area contributed by atoms with Gasteiger partial charge in [-0.1, -0.05) is 26.0 Å². The molecule has 0 unspecified atom stereocenters. The Morgan fingerprint density at radius 1 is 1.30 bits per heavy atom. The van der Waals surface area contributed by atoms with Crippen LogP contribution >= 0.6 is 0 Å². The van der Waals surface area contributed by atoms with Gasteiger partial charge in [-0.3, -0.25) is 14.4 Å². The molecule has 1 aliphatic rings. The Kier molecular flexibility index (Phi) is 6.90. The summed E-state index contributed by atoms with van der Waals surface area (Å²) in [6.45, 7) is 9.29. The topological polar surface area (TPSA) is 127 Å². The van der Waals surface area contributed by atoms with Crippen LogP contribution in [0.15, 0.2) is 6.20 Å². The van der Waals surface area contributed by atoms with Crippen LogP contribution in [0.3, 0.4) is 0 Å². The molecular weight excluding hydrogens is 390 g/mol. The first kappa shape index (κ1) is 23.8. The van der Waals surface area contributed by atoms with Gasteiger partial charge in [0.25, 0.3) is 0 Å². The van der Waals surface area contributed by atoms with E-state index in [1.807, 2.05) is 20.8 Å². The van der Waals surface area contributed by atoms with Crippen LogP contribution in [0.2, 0.25) is 0 Å². The number of aromatic nitrogens is 3. The van der Waals surface area contributed by atoms with Gasteiger partial charge < -0.3 is 20.1 Å². The van der Waals surface area contributed by atoms with Crippen molar-refractivity contribution in [3.05, 3.63) is 11.9 Å². The molecule has 0 aliphatic carbocycles. The Hall–Kier alpha value is -2.49. The number of aliphatic hydroxyl groups excluding tert-OH is 1. The molecule has 1 aromatic heterocycles. The van der Waals surface area contributed by atoms with Crippen molar-refractivity contribution in [3.8, 4) is 0 Å². The maximum absolute atomic E-state index is 13.5. The van der Waals surface area contributed by atoms with Crippen molar-refractivity contribution in [1.82, 2.24) is 25.2 Å². The van der Waals surface area contributed by atoms with Crippen LogP contribution in [0, 0.1) is 10.8 Å². The molecule has 2 amide bonds. The molecule has 10 nitrogen and oxygen atoms in total. The molecule has 10 heteroatoms. The molecule has 168 valence electrons. The van der Waals surface area contributed by atoms with Crippen LogP contribution in [0.4, 0.5) is 0 Å². The summed E-state index contributed by atoms with van der Waals surface area (Å²) < 4.78 is 6.32. The van der Waals surface area contributed by atoms with Crippen molar-refractivity contribution in [2.75, 3.05) is 20.7 Å². The van der Waals surface area contributed by atoms with E-state index in [-0.39, 0.29) is 30.7 Å². The molecule has 1 fully saturated rings. The van der Waals surface area contributed by atoms with Crippen molar-refractivity contribution in [1.29, 1.82) is 0 Å². The van der Waals surface area contributed by atoms with E-state index in [1.165, 1.54) is 23.7 Å². The quantitative estimate of drug-likeness (QED) is 0.631. The molecule has 30 heavy (non-hydrogen) atoms. The molecule has 2 heterocycles. The number of carbonyl (C=O) groups is 3. The molecule has 1 saturated heterocycles. The Bertz CT molecular complexity index is 798. The molecule has 2 rings (SSSR count). The largest absolute Gasteiger partial charge is 0.469 e. The van der Waals surface area contributed by atoms with E-state index in [0.29, 0.717) is 12.1 Å². The van der Waals surface area contributed by atoms with Crippen LogP contribution in [0.25, 0.3) is 0 Å². The Labute approximate surface area is 176 Å². The summed E-state index contributed by atoms with van der Waals surface area (Å²) in [4.78, 5) is 39.1. The lowest BCUT2D eigenvalue weighted by molar-refractivity contribution is -0.150. The molecule has 1 aromatic rings. The minimum atomic E-state index is -0.791. The fourth-order valence-electron chi connectivity index (χ4n) is 3.83. The predicted octanol–water partition coefficient (Wildman–Crippen LogP) is 0.315. The maximum Gasteiger partial charge on any atom is 0.311 e. The van der Waals surface area contributed by atoms with Crippen LogP contribution < -0.4 is 5.32 Å².